The van der Waals surface area contributed by atoms with Crippen molar-refractivity contribution < 1.29 is 9.53 Å². The van der Waals surface area contributed by atoms with Crippen molar-refractivity contribution >= 4 is 28.9 Å². The lowest BCUT2D eigenvalue weighted by Crippen LogP contribution is -2.53. The number of hydrogen-bond donors (Lipinski definition) is 2. The zero-order valence-electron chi connectivity index (χ0n) is 12.6. The summed E-state index contributed by atoms with van der Waals surface area (Å²) in [5.74, 6) is -0.0890. The van der Waals surface area contributed by atoms with Crippen LogP contribution in [0.3, 0.4) is 0 Å². The van der Waals surface area contributed by atoms with Crippen molar-refractivity contribution in [3.63, 3.8) is 0 Å². The first-order valence-electron chi connectivity index (χ1n) is 7.00. The zero-order chi connectivity index (χ0) is 15.6. The fourth-order valence-corrected chi connectivity index (χ4v) is 2.93. The van der Waals surface area contributed by atoms with Crippen molar-refractivity contribution in [2.75, 3.05) is 30.7 Å². The number of benzene rings is 1. The van der Waals surface area contributed by atoms with E-state index < -0.39 is 0 Å². The Bertz CT molecular complexity index is 534. The molecule has 1 aromatic carbocycles. The van der Waals surface area contributed by atoms with Crippen molar-refractivity contribution in [3.05, 3.63) is 23.2 Å². The van der Waals surface area contributed by atoms with Gasteiger partial charge in [0.25, 0.3) is 0 Å². The van der Waals surface area contributed by atoms with Gasteiger partial charge in [0.05, 0.1) is 29.6 Å². The summed E-state index contributed by atoms with van der Waals surface area (Å²) in [5.41, 5.74) is 6.65. The molecule has 1 aromatic rings. The number of nitrogen functional groups attached to an aromatic ring is 1. The summed E-state index contributed by atoms with van der Waals surface area (Å²) in [6.45, 7) is 7.87. The highest BCUT2D eigenvalue weighted by Crippen LogP contribution is 2.23. The van der Waals surface area contributed by atoms with E-state index in [2.05, 4.69) is 10.2 Å². The number of rotatable bonds is 3. The van der Waals surface area contributed by atoms with Crippen LogP contribution in [-0.2, 0) is 9.53 Å². The molecule has 1 aliphatic rings. The van der Waals surface area contributed by atoms with E-state index >= 15 is 0 Å². The van der Waals surface area contributed by atoms with Crippen LogP contribution in [0.5, 0.6) is 0 Å². The Balaban J connectivity index is 1.95. The Morgan fingerprint density at radius 1 is 1.57 bits per heavy atom. The van der Waals surface area contributed by atoms with Gasteiger partial charge in [-0.3, -0.25) is 9.69 Å². The van der Waals surface area contributed by atoms with Crippen LogP contribution < -0.4 is 11.1 Å². The van der Waals surface area contributed by atoms with Crippen LogP contribution in [0.25, 0.3) is 0 Å². The van der Waals surface area contributed by atoms with Gasteiger partial charge in [-0.15, -0.1) is 0 Å². The molecule has 0 saturated carbocycles. The van der Waals surface area contributed by atoms with E-state index in [1.807, 2.05) is 20.8 Å². The normalized spacial score (nSPS) is 22.0. The largest absolute Gasteiger partial charge is 0.397 e. The topological polar surface area (TPSA) is 67.6 Å². The summed E-state index contributed by atoms with van der Waals surface area (Å²) in [6.07, 6.45) is 0.113. The maximum atomic E-state index is 12.2. The van der Waals surface area contributed by atoms with E-state index in [1.165, 1.54) is 0 Å². The van der Waals surface area contributed by atoms with E-state index in [-0.39, 0.29) is 17.6 Å². The molecule has 5 nitrogen and oxygen atoms in total. The van der Waals surface area contributed by atoms with Gasteiger partial charge in [0, 0.05) is 18.1 Å². The Morgan fingerprint density at radius 3 is 2.90 bits per heavy atom. The molecule has 2 rings (SSSR count). The molecule has 3 N–H and O–H groups in total. The standard InChI is InChI=1S/C15H22ClN3O2/c1-10-7-19(9-15(2,3)21-10)8-14(20)18-13-5-4-11(16)6-12(13)17/h4-6,10H,7-9,17H2,1-3H3,(H,18,20). The molecule has 6 heteroatoms. The molecule has 0 aliphatic carbocycles. The van der Waals surface area contributed by atoms with Gasteiger partial charge in [-0.1, -0.05) is 11.6 Å². The molecule has 21 heavy (non-hydrogen) atoms. The first-order valence-corrected chi connectivity index (χ1v) is 7.38. The third kappa shape index (κ3) is 4.59. The van der Waals surface area contributed by atoms with Crippen LogP contribution in [0.2, 0.25) is 5.02 Å². The van der Waals surface area contributed by atoms with Gasteiger partial charge in [0.15, 0.2) is 0 Å². The molecule has 1 heterocycles. The summed E-state index contributed by atoms with van der Waals surface area (Å²) in [4.78, 5) is 14.2. The lowest BCUT2D eigenvalue weighted by molar-refractivity contribution is -0.136. The predicted molar refractivity (Wildman–Crippen MR) is 85.6 cm³/mol. The maximum absolute atomic E-state index is 12.2. The minimum absolute atomic E-state index is 0.0890. The van der Waals surface area contributed by atoms with Crippen molar-refractivity contribution in [2.24, 2.45) is 0 Å². The highest BCUT2D eigenvalue weighted by atomic mass is 35.5. The van der Waals surface area contributed by atoms with Crippen LogP contribution >= 0.6 is 11.6 Å². The Hall–Kier alpha value is -1.30. The van der Waals surface area contributed by atoms with Crippen molar-refractivity contribution in [1.29, 1.82) is 0 Å². The third-order valence-corrected chi connectivity index (χ3v) is 3.53. The number of ether oxygens (including phenoxy) is 1. The van der Waals surface area contributed by atoms with Gasteiger partial charge in [-0.2, -0.15) is 0 Å². The molecule has 1 aliphatic heterocycles. The molecule has 0 spiro atoms. The minimum Gasteiger partial charge on any atom is -0.397 e. The van der Waals surface area contributed by atoms with E-state index in [0.717, 1.165) is 13.1 Å². The number of carbonyl (C=O) groups excluding carboxylic acids is 1. The van der Waals surface area contributed by atoms with Crippen LogP contribution in [0.4, 0.5) is 11.4 Å². The molecule has 1 saturated heterocycles. The number of halogens is 1. The number of nitrogens with two attached hydrogens (primary N) is 1. The van der Waals surface area contributed by atoms with Gasteiger partial charge < -0.3 is 15.8 Å². The van der Waals surface area contributed by atoms with Crippen LogP contribution in [0.1, 0.15) is 20.8 Å². The summed E-state index contributed by atoms with van der Waals surface area (Å²) >= 11 is 5.84. The number of carbonyl (C=O) groups is 1. The van der Waals surface area contributed by atoms with E-state index in [9.17, 15) is 4.79 Å². The lowest BCUT2D eigenvalue weighted by Gasteiger charge is -2.41. The van der Waals surface area contributed by atoms with Crippen LogP contribution in [-0.4, -0.2) is 42.1 Å². The molecule has 1 amide bonds. The minimum atomic E-state index is -0.239. The second-order valence-electron chi connectivity index (χ2n) is 6.14. The highest BCUT2D eigenvalue weighted by molar-refractivity contribution is 6.31. The van der Waals surface area contributed by atoms with Crippen molar-refractivity contribution in [3.8, 4) is 0 Å². The molecule has 1 fully saturated rings. The molecule has 1 atom stereocenters. The molecule has 116 valence electrons. The van der Waals surface area contributed by atoms with Crippen molar-refractivity contribution in [2.45, 2.75) is 32.5 Å². The average molecular weight is 312 g/mol. The molecular weight excluding hydrogens is 290 g/mol. The number of anilines is 2. The zero-order valence-corrected chi connectivity index (χ0v) is 13.4. The SMILES string of the molecule is CC1CN(CC(=O)Nc2ccc(Cl)cc2N)CC(C)(C)O1. The average Bonchev–Trinajstić information content (AvgIpc) is 2.29. The molecule has 0 radical (unpaired) electrons. The second kappa shape index (κ2) is 6.22. The molecule has 0 aromatic heterocycles. The quantitative estimate of drug-likeness (QED) is 0.841. The number of hydrogen-bond acceptors (Lipinski definition) is 4. The predicted octanol–water partition coefficient (Wildman–Crippen LogP) is 2.36. The maximum Gasteiger partial charge on any atom is 0.238 e. The van der Waals surface area contributed by atoms with E-state index in [1.54, 1.807) is 18.2 Å². The van der Waals surface area contributed by atoms with E-state index in [0.29, 0.717) is 22.9 Å². The Labute approximate surface area is 130 Å². The van der Waals surface area contributed by atoms with Gasteiger partial charge in [-0.25, -0.2) is 0 Å². The number of nitrogens with zero attached hydrogens (tertiary/aromatic N) is 1. The highest BCUT2D eigenvalue weighted by Gasteiger charge is 2.32. The van der Waals surface area contributed by atoms with Crippen LogP contribution in [0.15, 0.2) is 18.2 Å². The molecule has 1 unspecified atom stereocenters. The third-order valence-electron chi connectivity index (χ3n) is 3.29. The van der Waals surface area contributed by atoms with Crippen molar-refractivity contribution in [1.82, 2.24) is 4.90 Å². The lowest BCUT2D eigenvalue weighted by atomic mass is 10.1. The van der Waals surface area contributed by atoms with Gasteiger partial charge in [-0.05, 0) is 39.0 Å². The summed E-state index contributed by atoms with van der Waals surface area (Å²) in [6, 6.07) is 5.03. The fourth-order valence-electron chi connectivity index (χ4n) is 2.75. The number of morpholine rings is 1. The Kier molecular flexibility index (Phi) is 4.76. The number of nitrogens with one attached hydrogen (secondary N) is 1. The number of amides is 1. The van der Waals surface area contributed by atoms with Gasteiger partial charge >= 0.3 is 0 Å². The summed E-state index contributed by atoms with van der Waals surface area (Å²) in [7, 11) is 0. The first-order chi connectivity index (χ1) is 9.75. The summed E-state index contributed by atoms with van der Waals surface area (Å²) in [5, 5.41) is 3.37. The smallest absolute Gasteiger partial charge is 0.238 e. The Morgan fingerprint density at radius 2 is 2.29 bits per heavy atom. The summed E-state index contributed by atoms with van der Waals surface area (Å²) < 4.78 is 5.83. The molecule has 0 bridgehead atoms. The van der Waals surface area contributed by atoms with Gasteiger partial charge in [0.2, 0.25) is 5.91 Å². The van der Waals surface area contributed by atoms with E-state index in [4.69, 9.17) is 22.1 Å². The first kappa shape index (κ1) is 16.1. The molecular formula is C15H22ClN3O2. The monoisotopic (exact) mass is 311 g/mol. The van der Waals surface area contributed by atoms with Gasteiger partial charge in [0.1, 0.15) is 0 Å². The fraction of sp³-hybridized carbons (Fsp3) is 0.533. The van der Waals surface area contributed by atoms with Crippen LogP contribution in [0, 0.1) is 0 Å². The second-order valence-corrected chi connectivity index (χ2v) is 6.57.